The van der Waals surface area contributed by atoms with E-state index in [4.69, 9.17) is 4.74 Å². The number of carbonyl (C=O) groups is 1. The maximum atomic E-state index is 11.3. The highest BCUT2D eigenvalue weighted by Gasteiger charge is 2.46. The lowest BCUT2D eigenvalue weighted by molar-refractivity contribution is -0.127. The molecule has 0 fully saturated rings. The standard InChI is InChI=1S/C9H14O2/c1-5-6-7(10)9(2,3)8(6)11-4/h5H2,1-4H3. The van der Waals surface area contributed by atoms with E-state index in [9.17, 15) is 4.79 Å². The molecule has 0 aromatic rings. The molecule has 0 N–H and O–H groups in total. The van der Waals surface area contributed by atoms with Crippen LogP contribution < -0.4 is 0 Å². The largest absolute Gasteiger partial charge is 0.500 e. The third kappa shape index (κ3) is 0.889. The molecule has 0 atom stereocenters. The van der Waals surface area contributed by atoms with Gasteiger partial charge in [-0.15, -0.1) is 0 Å². The molecule has 2 nitrogen and oxygen atoms in total. The molecule has 1 aliphatic carbocycles. The number of methoxy groups -OCH3 is 1. The predicted octanol–water partition coefficient (Wildman–Crippen LogP) is 1.91. The summed E-state index contributed by atoms with van der Waals surface area (Å²) in [6.07, 6.45) is 0.783. The quantitative estimate of drug-likeness (QED) is 0.607. The van der Waals surface area contributed by atoms with Crippen molar-refractivity contribution in [3.63, 3.8) is 0 Å². The normalized spacial score (nSPS) is 21.6. The Morgan fingerprint density at radius 2 is 2.00 bits per heavy atom. The van der Waals surface area contributed by atoms with Crippen LogP contribution in [-0.4, -0.2) is 12.9 Å². The Morgan fingerprint density at radius 3 is 2.27 bits per heavy atom. The fraction of sp³-hybridized carbons (Fsp3) is 0.667. The Kier molecular flexibility index (Phi) is 1.78. The summed E-state index contributed by atoms with van der Waals surface area (Å²) in [6, 6.07) is 0. The molecule has 0 saturated carbocycles. The Bertz CT molecular complexity index is 224. The second-order valence-corrected chi connectivity index (χ2v) is 3.32. The summed E-state index contributed by atoms with van der Waals surface area (Å²) in [5.74, 6) is 1.10. The van der Waals surface area contributed by atoms with Gasteiger partial charge >= 0.3 is 0 Å². The lowest BCUT2D eigenvalue weighted by Gasteiger charge is -2.36. The molecule has 11 heavy (non-hydrogen) atoms. The van der Waals surface area contributed by atoms with Gasteiger partial charge in [-0.1, -0.05) is 6.92 Å². The molecule has 62 valence electrons. The minimum absolute atomic E-state index is 0.233. The second-order valence-electron chi connectivity index (χ2n) is 3.32. The van der Waals surface area contributed by atoms with Crippen LogP contribution in [0.1, 0.15) is 27.2 Å². The molecule has 1 aliphatic rings. The third-order valence-corrected chi connectivity index (χ3v) is 2.24. The van der Waals surface area contributed by atoms with Crippen LogP contribution in [0, 0.1) is 5.41 Å². The SMILES string of the molecule is CCC1=C(OC)C(C)(C)C1=O. The Hall–Kier alpha value is -0.790. The first-order valence-corrected chi connectivity index (χ1v) is 3.88. The first kappa shape index (κ1) is 8.31. The molecule has 1 rings (SSSR count). The van der Waals surface area contributed by atoms with E-state index in [-0.39, 0.29) is 11.2 Å². The number of hydrogen-bond donors (Lipinski definition) is 0. The predicted molar refractivity (Wildman–Crippen MR) is 43.1 cm³/mol. The van der Waals surface area contributed by atoms with Gasteiger partial charge in [0.15, 0.2) is 5.78 Å². The molecule has 2 heteroatoms. The lowest BCUT2D eigenvalue weighted by atomic mass is 9.69. The molecule has 0 unspecified atom stereocenters. The number of rotatable bonds is 2. The molecule has 0 spiro atoms. The van der Waals surface area contributed by atoms with Crippen molar-refractivity contribution < 1.29 is 9.53 Å². The van der Waals surface area contributed by atoms with E-state index in [1.54, 1.807) is 7.11 Å². The maximum Gasteiger partial charge on any atom is 0.175 e. The molecule has 0 saturated heterocycles. The van der Waals surface area contributed by atoms with Crippen molar-refractivity contribution >= 4 is 5.78 Å². The Balaban J connectivity index is 3.00. The van der Waals surface area contributed by atoms with Crippen LogP contribution in [0.3, 0.4) is 0 Å². The van der Waals surface area contributed by atoms with E-state index in [1.165, 1.54) is 0 Å². The van der Waals surface area contributed by atoms with Crippen molar-refractivity contribution in [3.8, 4) is 0 Å². The minimum Gasteiger partial charge on any atom is -0.500 e. The summed E-state index contributed by atoms with van der Waals surface area (Å²) in [4.78, 5) is 11.3. The average molecular weight is 154 g/mol. The van der Waals surface area contributed by atoms with Gasteiger partial charge in [0.05, 0.1) is 12.5 Å². The van der Waals surface area contributed by atoms with Gasteiger partial charge in [0.2, 0.25) is 0 Å². The summed E-state index contributed by atoms with van der Waals surface area (Å²) in [7, 11) is 1.62. The van der Waals surface area contributed by atoms with Crippen molar-refractivity contribution in [1.29, 1.82) is 0 Å². The molecule has 0 radical (unpaired) electrons. The summed E-state index contributed by atoms with van der Waals surface area (Å²) in [5.41, 5.74) is 0.498. The zero-order valence-corrected chi connectivity index (χ0v) is 7.52. The van der Waals surface area contributed by atoms with Crippen LogP contribution in [0.4, 0.5) is 0 Å². The van der Waals surface area contributed by atoms with Gasteiger partial charge in [0.1, 0.15) is 5.76 Å². The van der Waals surface area contributed by atoms with E-state index in [0.717, 1.165) is 17.8 Å². The minimum atomic E-state index is -0.361. The highest BCUT2D eigenvalue weighted by molar-refractivity contribution is 6.08. The van der Waals surface area contributed by atoms with E-state index in [0.29, 0.717) is 0 Å². The maximum absolute atomic E-state index is 11.3. The summed E-state index contributed by atoms with van der Waals surface area (Å²) in [6.45, 7) is 5.77. The Morgan fingerprint density at radius 1 is 1.45 bits per heavy atom. The van der Waals surface area contributed by atoms with Crippen molar-refractivity contribution in [2.45, 2.75) is 27.2 Å². The molecular formula is C9H14O2. The van der Waals surface area contributed by atoms with Gasteiger partial charge in [-0.25, -0.2) is 0 Å². The summed E-state index contributed by atoms with van der Waals surface area (Å²) < 4.78 is 5.13. The van der Waals surface area contributed by atoms with Gasteiger partial charge in [-0.05, 0) is 20.3 Å². The van der Waals surface area contributed by atoms with Crippen LogP contribution in [0.25, 0.3) is 0 Å². The second kappa shape index (κ2) is 2.36. The number of ketones is 1. The fourth-order valence-corrected chi connectivity index (χ4v) is 1.60. The van der Waals surface area contributed by atoms with Crippen LogP contribution in [0.5, 0.6) is 0 Å². The molecule has 0 aromatic heterocycles. The fourth-order valence-electron chi connectivity index (χ4n) is 1.60. The number of carbonyl (C=O) groups excluding carboxylic acids is 1. The van der Waals surface area contributed by atoms with Crippen molar-refractivity contribution in [1.82, 2.24) is 0 Å². The number of allylic oxidation sites excluding steroid dienone is 2. The molecule has 0 aliphatic heterocycles. The zero-order valence-electron chi connectivity index (χ0n) is 7.52. The summed E-state index contributed by atoms with van der Waals surface area (Å²) >= 11 is 0. The van der Waals surface area contributed by atoms with Crippen LogP contribution in [0.2, 0.25) is 0 Å². The van der Waals surface area contributed by atoms with Crippen LogP contribution in [-0.2, 0) is 9.53 Å². The van der Waals surface area contributed by atoms with Gasteiger partial charge in [0, 0.05) is 5.57 Å². The highest BCUT2D eigenvalue weighted by Crippen LogP contribution is 2.43. The number of Topliss-reactive ketones (excluding diaryl/α,β-unsaturated/α-hetero) is 1. The average Bonchev–Trinajstić information content (AvgIpc) is 1.98. The van der Waals surface area contributed by atoms with E-state index in [2.05, 4.69) is 0 Å². The zero-order chi connectivity index (χ0) is 8.65. The number of ether oxygens (including phenoxy) is 1. The van der Waals surface area contributed by atoms with E-state index in [1.807, 2.05) is 20.8 Å². The molecule has 0 aromatic carbocycles. The number of hydrogen-bond acceptors (Lipinski definition) is 2. The van der Waals surface area contributed by atoms with Crippen molar-refractivity contribution in [2.24, 2.45) is 5.41 Å². The van der Waals surface area contributed by atoms with Gasteiger partial charge in [0.25, 0.3) is 0 Å². The van der Waals surface area contributed by atoms with Crippen LogP contribution in [0.15, 0.2) is 11.3 Å². The highest BCUT2D eigenvalue weighted by atomic mass is 16.5. The third-order valence-electron chi connectivity index (χ3n) is 2.24. The molecule has 0 amide bonds. The molecule has 0 bridgehead atoms. The molecular weight excluding hydrogens is 140 g/mol. The van der Waals surface area contributed by atoms with Gasteiger partial charge < -0.3 is 4.74 Å². The monoisotopic (exact) mass is 154 g/mol. The summed E-state index contributed by atoms with van der Waals surface area (Å²) in [5, 5.41) is 0. The first-order valence-electron chi connectivity index (χ1n) is 3.88. The van der Waals surface area contributed by atoms with E-state index >= 15 is 0 Å². The molecule has 0 heterocycles. The van der Waals surface area contributed by atoms with Crippen molar-refractivity contribution in [2.75, 3.05) is 7.11 Å². The topological polar surface area (TPSA) is 26.3 Å². The van der Waals surface area contributed by atoms with Crippen molar-refractivity contribution in [3.05, 3.63) is 11.3 Å². The van der Waals surface area contributed by atoms with Crippen LogP contribution >= 0.6 is 0 Å². The first-order chi connectivity index (χ1) is 5.05. The smallest absolute Gasteiger partial charge is 0.175 e. The van der Waals surface area contributed by atoms with E-state index < -0.39 is 0 Å². The van der Waals surface area contributed by atoms with Gasteiger partial charge in [-0.3, -0.25) is 4.79 Å². The lowest BCUT2D eigenvalue weighted by Crippen LogP contribution is -2.40. The Labute approximate surface area is 67.2 Å². The van der Waals surface area contributed by atoms with Gasteiger partial charge in [-0.2, -0.15) is 0 Å².